The number of anilines is 2. The summed E-state index contributed by atoms with van der Waals surface area (Å²) in [6.45, 7) is 0. The Labute approximate surface area is 198 Å². The Kier molecular flexibility index (Phi) is 8.03. The topological polar surface area (TPSA) is 129 Å². The molecular weight excluding hydrogens is 477 g/mol. The first-order valence-corrected chi connectivity index (χ1v) is 10.7. The monoisotopic (exact) mass is 495 g/mol. The number of benzene rings is 2. The molecule has 0 aliphatic heterocycles. The maximum Gasteiger partial charge on any atom is 0.264 e. The van der Waals surface area contributed by atoms with Crippen molar-refractivity contribution in [3.63, 3.8) is 0 Å². The van der Waals surface area contributed by atoms with Gasteiger partial charge in [0.15, 0.2) is 0 Å². The Hall–Kier alpha value is -3.15. The Bertz CT molecular complexity index is 1140. The van der Waals surface area contributed by atoms with E-state index in [0.29, 0.717) is 38.0 Å². The van der Waals surface area contributed by atoms with Crippen LogP contribution in [0, 0.1) is 0 Å². The van der Waals surface area contributed by atoms with Gasteiger partial charge in [-0.05, 0) is 18.2 Å². The highest BCUT2D eigenvalue weighted by Gasteiger charge is 2.14. The molecule has 3 rings (SSSR count). The van der Waals surface area contributed by atoms with Gasteiger partial charge in [-0.2, -0.15) is 5.10 Å². The van der Waals surface area contributed by atoms with Crippen molar-refractivity contribution in [2.24, 2.45) is 5.10 Å². The maximum atomic E-state index is 12.3. The molecule has 0 bridgehead atoms. The zero-order valence-electron chi connectivity index (χ0n) is 17.0. The number of hydrogen-bond donors (Lipinski definition) is 3. The molecule has 1 heterocycles. The van der Waals surface area contributed by atoms with E-state index in [9.17, 15) is 4.79 Å². The molecule has 10 nitrogen and oxygen atoms in total. The molecule has 32 heavy (non-hydrogen) atoms. The lowest BCUT2D eigenvalue weighted by atomic mass is 10.2. The number of carbonyl (C=O) groups excluding carboxylic acids is 1. The summed E-state index contributed by atoms with van der Waals surface area (Å²) < 4.78 is 11.6. The molecular formula is C19H19Cl2N7O3S. The lowest BCUT2D eigenvalue weighted by Gasteiger charge is -2.11. The summed E-state index contributed by atoms with van der Waals surface area (Å²) in [5.74, 6) is 7.03. The smallest absolute Gasteiger partial charge is 0.264 e. The highest BCUT2D eigenvalue weighted by molar-refractivity contribution is 7.99. The molecule has 3 aromatic rings. The van der Waals surface area contributed by atoms with E-state index in [4.69, 9.17) is 38.5 Å². The number of nitrogens with zero attached hydrogens (tertiary/aromatic N) is 4. The second kappa shape index (κ2) is 10.9. The van der Waals surface area contributed by atoms with Crippen molar-refractivity contribution in [1.82, 2.24) is 14.9 Å². The maximum absolute atomic E-state index is 12.3. The zero-order chi connectivity index (χ0) is 23.1. The summed E-state index contributed by atoms with van der Waals surface area (Å²) in [6, 6.07) is 10.3. The minimum absolute atomic E-state index is 0.0475. The molecule has 0 radical (unpaired) electrons. The fourth-order valence-corrected chi connectivity index (χ4v) is 3.46. The van der Waals surface area contributed by atoms with Gasteiger partial charge in [-0.25, -0.2) is 10.1 Å². The molecule has 0 aliphatic rings. The Morgan fingerprint density at radius 1 is 1.25 bits per heavy atom. The Morgan fingerprint density at radius 3 is 2.81 bits per heavy atom. The molecule has 0 spiro atoms. The van der Waals surface area contributed by atoms with Crippen LogP contribution in [0.1, 0.15) is 5.56 Å². The SMILES string of the molecule is COc1ccc(NC(=O)CSc2nnc(N/N=C/c3cccc(Cl)c3Cl)n2N)c(OC)c1. The first-order chi connectivity index (χ1) is 15.4. The Morgan fingerprint density at radius 2 is 2.06 bits per heavy atom. The van der Waals surface area contributed by atoms with Crippen molar-refractivity contribution in [2.45, 2.75) is 5.16 Å². The van der Waals surface area contributed by atoms with Crippen molar-refractivity contribution >= 4 is 58.7 Å². The molecule has 0 saturated carbocycles. The van der Waals surface area contributed by atoms with Gasteiger partial charge >= 0.3 is 0 Å². The van der Waals surface area contributed by atoms with Crippen LogP contribution in [0.3, 0.4) is 0 Å². The number of amides is 1. The minimum atomic E-state index is -0.274. The first-order valence-electron chi connectivity index (χ1n) is 9.01. The number of hydrazone groups is 1. The van der Waals surface area contributed by atoms with Crippen molar-refractivity contribution in [3.05, 3.63) is 52.0 Å². The minimum Gasteiger partial charge on any atom is -0.497 e. The van der Waals surface area contributed by atoms with Gasteiger partial charge in [-0.3, -0.25) is 4.79 Å². The number of carbonyl (C=O) groups is 1. The van der Waals surface area contributed by atoms with Gasteiger partial charge in [0.1, 0.15) is 11.5 Å². The first kappa shape index (κ1) is 23.5. The summed E-state index contributed by atoms with van der Waals surface area (Å²) in [5.41, 5.74) is 3.81. The van der Waals surface area contributed by atoms with Crippen LogP contribution in [0.5, 0.6) is 11.5 Å². The number of ether oxygens (including phenoxy) is 2. The van der Waals surface area contributed by atoms with Gasteiger partial charge < -0.3 is 20.6 Å². The predicted octanol–water partition coefficient (Wildman–Crippen LogP) is 3.49. The van der Waals surface area contributed by atoms with E-state index >= 15 is 0 Å². The highest BCUT2D eigenvalue weighted by atomic mass is 35.5. The second-order valence-electron chi connectivity index (χ2n) is 6.09. The molecule has 1 amide bonds. The van der Waals surface area contributed by atoms with E-state index in [1.54, 1.807) is 43.5 Å². The number of aromatic nitrogens is 3. The van der Waals surface area contributed by atoms with E-state index in [1.807, 2.05) is 0 Å². The fraction of sp³-hybridized carbons (Fsp3) is 0.158. The van der Waals surface area contributed by atoms with Crippen molar-refractivity contribution < 1.29 is 14.3 Å². The molecule has 0 saturated heterocycles. The number of rotatable bonds is 9. The van der Waals surface area contributed by atoms with Gasteiger partial charge in [0.05, 0.1) is 41.9 Å². The van der Waals surface area contributed by atoms with Crippen LogP contribution >= 0.6 is 35.0 Å². The third kappa shape index (κ3) is 5.75. The summed E-state index contributed by atoms with van der Waals surface area (Å²) in [5, 5.41) is 15.8. The van der Waals surface area contributed by atoms with Crippen LogP contribution in [-0.2, 0) is 4.79 Å². The molecule has 0 atom stereocenters. The molecule has 0 unspecified atom stereocenters. The van der Waals surface area contributed by atoms with Gasteiger partial charge in [0, 0.05) is 11.6 Å². The quantitative estimate of drug-likeness (QED) is 0.178. The van der Waals surface area contributed by atoms with E-state index in [0.717, 1.165) is 11.8 Å². The number of halogens is 2. The number of methoxy groups -OCH3 is 2. The number of nitrogens with one attached hydrogen (secondary N) is 2. The number of nitrogen functional groups attached to an aromatic ring is 1. The van der Waals surface area contributed by atoms with E-state index < -0.39 is 0 Å². The van der Waals surface area contributed by atoms with Gasteiger partial charge in [0.2, 0.25) is 11.1 Å². The average Bonchev–Trinajstić information content (AvgIpc) is 3.14. The molecule has 168 valence electrons. The highest BCUT2D eigenvalue weighted by Crippen LogP contribution is 2.29. The molecule has 2 aromatic carbocycles. The molecule has 4 N–H and O–H groups in total. The predicted molar refractivity (Wildman–Crippen MR) is 127 cm³/mol. The van der Waals surface area contributed by atoms with Gasteiger partial charge in [0.25, 0.3) is 5.95 Å². The van der Waals surface area contributed by atoms with Gasteiger partial charge in [-0.1, -0.05) is 47.1 Å². The third-order valence-electron chi connectivity index (χ3n) is 4.03. The zero-order valence-corrected chi connectivity index (χ0v) is 19.3. The van der Waals surface area contributed by atoms with Crippen LogP contribution in [0.4, 0.5) is 11.6 Å². The van der Waals surface area contributed by atoms with Crippen LogP contribution in [0.15, 0.2) is 46.7 Å². The average molecular weight is 496 g/mol. The van der Waals surface area contributed by atoms with Crippen LogP contribution in [0.25, 0.3) is 0 Å². The lowest BCUT2D eigenvalue weighted by Crippen LogP contribution is -2.17. The molecule has 0 fully saturated rings. The summed E-state index contributed by atoms with van der Waals surface area (Å²) in [4.78, 5) is 12.3. The van der Waals surface area contributed by atoms with Crippen LogP contribution in [-0.4, -0.2) is 47.0 Å². The molecule has 13 heteroatoms. The standard InChI is InChI=1S/C19H19Cl2N7O3S/c1-30-12-6-7-14(15(8-12)31-2)24-16(29)10-32-19-27-26-18(28(19)22)25-23-9-11-4-3-5-13(20)17(11)21/h3-9H,10,22H2,1-2H3,(H,24,29)(H,25,26)/b23-9+. The fourth-order valence-electron chi connectivity index (χ4n) is 2.45. The summed E-state index contributed by atoms with van der Waals surface area (Å²) >= 11 is 13.2. The Balaban J connectivity index is 1.57. The van der Waals surface area contributed by atoms with Crippen LogP contribution in [0.2, 0.25) is 10.0 Å². The van der Waals surface area contributed by atoms with Crippen molar-refractivity contribution in [2.75, 3.05) is 36.6 Å². The largest absolute Gasteiger partial charge is 0.497 e. The number of thioether (sulfide) groups is 1. The number of nitrogens with two attached hydrogens (primary N) is 1. The van der Waals surface area contributed by atoms with E-state index in [2.05, 4.69) is 26.0 Å². The summed E-state index contributed by atoms with van der Waals surface area (Å²) in [6.07, 6.45) is 1.48. The third-order valence-corrected chi connectivity index (χ3v) is 5.81. The summed E-state index contributed by atoms with van der Waals surface area (Å²) in [7, 11) is 3.06. The van der Waals surface area contributed by atoms with E-state index in [-0.39, 0.29) is 17.6 Å². The second-order valence-corrected chi connectivity index (χ2v) is 7.82. The van der Waals surface area contributed by atoms with Crippen molar-refractivity contribution in [1.29, 1.82) is 0 Å². The van der Waals surface area contributed by atoms with Gasteiger partial charge in [-0.15, -0.1) is 10.2 Å². The molecule has 0 aliphatic carbocycles. The molecule has 1 aromatic heterocycles. The van der Waals surface area contributed by atoms with Crippen LogP contribution < -0.4 is 26.1 Å². The number of hydrogen-bond acceptors (Lipinski definition) is 9. The van der Waals surface area contributed by atoms with Crippen molar-refractivity contribution in [3.8, 4) is 11.5 Å². The van der Waals surface area contributed by atoms with E-state index in [1.165, 1.54) is 18.0 Å². The lowest BCUT2D eigenvalue weighted by molar-refractivity contribution is -0.113. The normalized spacial score (nSPS) is 10.9.